The van der Waals surface area contributed by atoms with E-state index in [2.05, 4.69) is 29.4 Å². The number of nitrogens with two attached hydrogens (primary N) is 2. The number of imidazole rings is 2. The van der Waals surface area contributed by atoms with Crippen LogP contribution in [0.5, 0.6) is 17.5 Å². The summed E-state index contributed by atoms with van der Waals surface area (Å²) in [6.45, 7) is -0.366. The van der Waals surface area contributed by atoms with Gasteiger partial charge in [-0.05, 0) is 12.1 Å². The van der Waals surface area contributed by atoms with Crippen molar-refractivity contribution in [1.29, 1.82) is 0 Å². The maximum absolute atomic E-state index is 13.8. The minimum absolute atomic E-state index is 0.253. The SMILES string of the molecule is COc1nc(-c2cnc(N)c(OC(F)(F)F)c2)cn1C12CC(F)(C1)C2.ClC(Cl)Cl.Nc1ncc(-c2cn(C34CC(F)(C3)C4)c(CO)n2)cc1OC(F)(F)F.[O]=[Mn]=[O]. The van der Waals surface area contributed by atoms with Crippen molar-refractivity contribution < 1.29 is 76.9 Å². The molecule has 6 aliphatic carbocycles. The van der Waals surface area contributed by atoms with Gasteiger partial charge in [0.25, 0.3) is 6.01 Å². The molecular weight excluding hydrogens is 894 g/mol. The Morgan fingerprint density at radius 3 is 1.51 bits per heavy atom. The zero-order valence-corrected chi connectivity index (χ0v) is 32.3. The number of aliphatic hydroxyl groups excluding tert-OH is 1. The van der Waals surface area contributed by atoms with Crippen LogP contribution in [0.4, 0.5) is 46.8 Å². The number of nitrogen functional groups attached to an aromatic ring is 2. The van der Waals surface area contributed by atoms with Gasteiger partial charge in [-0.2, -0.15) is 4.98 Å². The summed E-state index contributed by atoms with van der Waals surface area (Å²) in [7, 11) is 1.43. The zero-order chi connectivity index (χ0) is 42.4. The van der Waals surface area contributed by atoms with Crippen molar-refractivity contribution in [2.24, 2.45) is 0 Å². The Morgan fingerprint density at radius 2 is 1.16 bits per heavy atom. The van der Waals surface area contributed by atoms with E-state index in [4.69, 9.17) is 58.7 Å². The molecule has 6 saturated carbocycles. The van der Waals surface area contributed by atoms with Crippen LogP contribution in [-0.4, -0.2) is 69.6 Å². The van der Waals surface area contributed by atoms with Gasteiger partial charge in [-0.15, -0.1) is 26.3 Å². The fourth-order valence-electron chi connectivity index (χ4n) is 7.41. The Hall–Kier alpha value is -3.89. The molecule has 4 aromatic rings. The van der Waals surface area contributed by atoms with Gasteiger partial charge in [0, 0.05) is 74.4 Å². The van der Waals surface area contributed by atoms with Crippen molar-refractivity contribution in [2.45, 2.75) is 84.6 Å². The monoisotopic (exact) mass is 921 g/mol. The van der Waals surface area contributed by atoms with E-state index < -0.39 is 66.0 Å². The van der Waals surface area contributed by atoms with E-state index in [0.29, 0.717) is 55.7 Å². The quantitative estimate of drug-likeness (QED) is 0.0908. The first-order valence-electron chi connectivity index (χ1n) is 16.0. The van der Waals surface area contributed by atoms with Gasteiger partial charge in [0.2, 0.25) is 0 Å². The van der Waals surface area contributed by atoms with Crippen LogP contribution in [0, 0.1) is 0 Å². The van der Waals surface area contributed by atoms with E-state index >= 15 is 0 Å². The third-order valence-corrected chi connectivity index (χ3v) is 9.48. The molecule has 0 unspecified atom stereocenters. The predicted molar refractivity (Wildman–Crippen MR) is 180 cm³/mol. The molecule has 0 saturated heterocycles. The molecule has 4 heterocycles. The van der Waals surface area contributed by atoms with Gasteiger partial charge in [0.1, 0.15) is 23.8 Å². The van der Waals surface area contributed by atoms with E-state index in [-0.39, 0.29) is 35.1 Å². The Kier molecular flexibility index (Phi) is 12.4. The number of ether oxygens (including phenoxy) is 3. The van der Waals surface area contributed by atoms with Gasteiger partial charge in [-0.1, -0.05) is 34.8 Å². The molecule has 0 amide bonds. The summed E-state index contributed by atoms with van der Waals surface area (Å²) in [6.07, 6.45) is -1.79. The van der Waals surface area contributed by atoms with E-state index in [1.54, 1.807) is 21.5 Å². The fraction of sp³-hybridized carbons (Fsp3) is 0.484. The summed E-state index contributed by atoms with van der Waals surface area (Å²) in [5.41, 5.74) is 9.03. The number of nitrogens with zero attached hydrogens (tertiary/aromatic N) is 6. The van der Waals surface area contributed by atoms with Gasteiger partial charge in [-0.3, -0.25) is 4.57 Å². The van der Waals surface area contributed by atoms with Crippen LogP contribution >= 0.6 is 34.8 Å². The van der Waals surface area contributed by atoms with E-state index in [1.165, 1.54) is 19.5 Å². The van der Waals surface area contributed by atoms with E-state index in [9.17, 15) is 40.2 Å². The van der Waals surface area contributed by atoms with Crippen molar-refractivity contribution in [1.82, 2.24) is 29.1 Å². The van der Waals surface area contributed by atoms with Crippen LogP contribution < -0.4 is 25.7 Å². The molecule has 26 heteroatoms. The molecule has 14 nitrogen and oxygen atoms in total. The summed E-state index contributed by atoms with van der Waals surface area (Å²) in [5, 5.41) is 9.51. The molecule has 6 aliphatic rings. The Bertz CT molecular complexity index is 1970. The first-order valence-corrected chi connectivity index (χ1v) is 18.2. The summed E-state index contributed by atoms with van der Waals surface area (Å²) in [4.78, 5) is 15.9. The molecule has 4 bridgehead atoms. The number of pyridine rings is 2. The first kappa shape index (κ1) is 44.2. The predicted octanol–water partition coefficient (Wildman–Crippen LogP) is 7.30. The molecule has 10 rings (SSSR count). The average molecular weight is 923 g/mol. The van der Waals surface area contributed by atoms with Crippen LogP contribution in [0.25, 0.3) is 22.5 Å². The Labute approximate surface area is 337 Å². The number of aromatic nitrogens is 6. The van der Waals surface area contributed by atoms with Gasteiger partial charge < -0.3 is 35.4 Å². The van der Waals surface area contributed by atoms with Crippen LogP contribution in [0.1, 0.15) is 44.3 Å². The second-order valence-electron chi connectivity index (χ2n) is 13.5. The van der Waals surface area contributed by atoms with Crippen LogP contribution in [0.2, 0.25) is 0 Å². The van der Waals surface area contributed by atoms with Gasteiger partial charge >= 0.3 is 35.2 Å². The summed E-state index contributed by atoms with van der Waals surface area (Å²) >= 11 is 13.0. The summed E-state index contributed by atoms with van der Waals surface area (Å²) < 4.78 is 135. The van der Waals surface area contributed by atoms with Crippen LogP contribution in [0.3, 0.4) is 0 Å². The number of hydrogen-bond acceptors (Lipinski definition) is 12. The first-order chi connectivity index (χ1) is 26.4. The topological polar surface area (TPSA) is 196 Å². The Morgan fingerprint density at radius 1 is 0.789 bits per heavy atom. The summed E-state index contributed by atoms with van der Waals surface area (Å²) in [5.74, 6) is -1.69. The number of aliphatic hydroxyl groups is 1. The van der Waals surface area contributed by atoms with Crippen LogP contribution in [-0.2, 0) is 40.2 Å². The molecule has 0 spiro atoms. The minimum atomic E-state index is -4.90. The summed E-state index contributed by atoms with van der Waals surface area (Å²) in [6, 6.07) is 2.47. The molecular formula is C31H29Cl3F8MnN8O6. The molecule has 0 aromatic carbocycles. The van der Waals surface area contributed by atoms with Crippen molar-refractivity contribution in [2.75, 3.05) is 18.6 Å². The number of anilines is 2. The van der Waals surface area contributed by atoms with E-state index in [1.807, 2.05) is 0 Å². The molecule has 57 heavy (non-hydrogen) atoms. The van der Waals surface area contributed by atoms with Crippen LogP contribution in [0.15, 0.2) is 36.9 Å². The number of methoxy groups -OCH3 is 1. The second kappa shape index (κ2) is 16.0. The average Bonchev–Trinajstić information content (AvgIpc) is 3.67. The number of halogens is 11. The third-order valence-electron chi connectivity index (χ3n) is 9.48. The van der Waals surface area contributed by atoms with Crippen molar-refractivity contribution in [3.63, 3.8) is 0 Å². The molecule has 5 N–H and O–H groups in total. The Balaban J connectivity index is 0.000000187. The molecule has 0 radical (unpaired) electrons. The second-order valence-corrected chi connectivity index (χ2v) is 15.7. The van der Waals surface area contributed by atoms with Crippen molar-refractivity contribution in [3.8, 4) is 40.0 Å². The number of alkyl halides is 11. The molecule has 313 valence electrons. The number of hydrogen-bond donors (Lipinski definition) is 3. The number of rotatable bonds is 8. The van der Waals surface area contributed by atoms with Gasteiger partial charge in [0.05, 0.1) is 29.6 Å². The molecule has 6 fully saturated rings. The van der Waals surface area contributed by atoms with Crippen molar-refractivity contribution in [3.05, 3.63) is 42.7 Å². The van der Waals surface area contributed by atoms with Gasteiger partial charge in [0.15, 0.2) is 27.4 Å². The molecule has 4 aromatic heterocycles. The standard InChI is InChI=1S/2C15H14F4N4O2.CHCl3.Mn.2O/c1-24-12-22-9(4-23(12)14-5-13(16,6-14)7-14)8-2-10(11(20)21-3-8)25-15(17,18)19;16-13-5-14(6-13,7-13)23-3-9(22-11(23)4-24)8-1-10(12(20)21-2-8)25-15(17,18)19;2-1(3)4;;;/h2-4H,5-7H2,1H3,(H2,20,21);1-3,24H,4-7H2,(H2,20,21);1H;;;. The normalized spacial score (nSPS) is 24.9. The van der Waals surface area contributed by atoms with Gasteiger partial charge in [-0.25, -0.2) is 23.7 Å². The zero-order valence-electron chi connectivity index (χ0n) is 28.9. The maximum atomic E-state index is 13.8. The fourth-order valence-corrected chi connectivity index (χ4v) is 7.41. The van der Waals surface area contributed by atoms with E-state index in [0.717, 1.165) is 12.1 Å². The molecule has 0 aliphatic heterocycles. The van der Waals surface area contributed by atoms with Crippen molar-refractivity contribution >= 4 is 46.4 Å². The molecule has 0 atom stereocenters. The third kappa shape index (κ3) is 9.71.